The van der Waals surface area contributed by atoms with Gasteiger partial charge in [-0.05, 0) is 19.9 Å². The molecule has 0 saturated heterocycles. The lowest BCUT2D eigenvalue weighted by atomic mass is 10.4. The first-order chi connectivity index (χ1) is 5.88. The van der Waals surface area contributed by atoms with E-state index in [1.165, 1.54) is 13.0 Å². The molecule has 0 heterocycles. The highest BCUT2D eigenvalue weighted by molar-refractivity contribution is 7.93. The molecule has 0 amide bonds. The van der Waals surface area contributed by atoms with Crippen molar-refractivity contribution in [1.82, 2.24) is 0 Å². The summed E-state index contributed by atoms with van der Waals surface area (Å²) < 4.78 is 21.3. The smallest absolute Gasteiger partial charge is 0.233 e. The third kappa shape index (κ3) is 7.67. The predicted molar refractivity (Wildman–Crippen MR) is 57.2 cm³/mol. The lowest BCUT2D eigenvalue weighted by Crippen LogP contribution is -2.13. The molecule has 0 unspecified atom stereocenters. The van der Waals surface area contributed by atoms with Crippen molar-refractivity contribution in [2.75, 3.05) is 7.05 Å². The summed E-state index contributed by atoms with van der Waals surface area (Å²) >= 11 is 0. The van der Waals surface area contributed by atoms with Gasteiger partial charge in [0.05, 0.1) is 4.91 Å². The number of primary sulfonamides is 1. The summed E-state index contributed by atoms with van der Waals surface area (Å²) in [7, 11) is -1.94. The first-order valence-corrected chi connectivity index (χ1v) is 5.57. The van der Waals surface area contributed by atoms with Gasteiger partial charge in [-0.2, -0.15) is 0 Å². The van der Waals surface area contributed by atoms with Crippen LogP contribution in [0.25, 0.3) is 0 Å². The van der Waals surface area contributed by atoms with Gasteiger partial charge in [-0.15, -0.1) is 0 Å². The summed E-state index contributed by atoms with van der Waals surface area (Å²) in [5.74, 6) is 0. The monoisotopic (exact) mass is 206 g/mol. The zero-order valence-corrected chi connectivity index (χ0v) is 9.64. The molecule has 0 saturated carbocycles. The van der Waals surface area contributed by atoms with Gasteiger partial charge in [-0.1, -0.05) is 13.8 Å². The molecule has 2 N–H and O–H groups in total. The first kappa shape index (κ1) is 14.8. The fraction of sp³-hybridized carbons (Fsp3) is 0.625. The molecule has 0 bridgehead atoms. The van der Waals surface area contributed by atoms with Crippen molar-refractivity contribution >= 4 is 15.7 Å². The van der Waals surface area contributed by atoms with Crippen molar-refractivity contribution < 1.29 is 8.42 Å². The Kier molecular flexibility index (Phi) is 7.75. The third-order valence-electron chi connectivity index (χ3n) is 1.21. The second-order valence-electron chi connectivity index (χ2n) is 2.16. The van der Waals surface area contributed by atoms with Crippen LogP contribution in [-0.4, -0.2) is 21.2 Å². The van der Waals surface area contributed by atoms with Crippen LogP contribution in [0, 0.1) is 0 Å². The zero-order chi connectivity index (χ0) is 11.1. The van der Waals surface area contributed by atoms with Gasteiger partial charge in [0.15, 0.2) is 0 Å². The van der Waals surface area contributed by atoms with Crippen LogP contribution < -0.4 is 5.14 Å². The third-order valence-corrected chi connectivity index (χ3v) is 2.23. The van der Waals surface area contributed by atoms with E-state index < -0.39 is 10.0 Å². The van der Waals surface area contributed by atoms with Crippen LogP contribution in [0.1, 0.15) is 27.7 Å². The molecule has 0 aromatic heterocycles. The number of aliphatic imine (C=N–C) groups is 1. The number of nitrogens with two attached hydrogens (primary N) is 1. The Balaban J connectivity index is 0. The molecule has 0 rings (SSSR count). The Morgan fingerprint density at radius 1 is 1.31 bits per heavy atom. The van der Waals surface area contributed by atoms with Gasteiger partial charge in [0, 0.05) is 12.8 Å². The molecular weight excluding hydrogens is 188 g/mol. The van der Waals surface area contributed by atoms with E-state index in [9.17, 15) is 8.42 Å². The van der Waals surface area contributed by atoms with Crippen molar-refractivity contribution in [2.24, 2.45) is 10.1 Å². The van der Waals surface area contributed by atoms with Crippen molar-refractivity contribution in [2.45, 2.75) is 27.7 Å². The van der Waals surface area contributed by atoms with Crippen molar-refractivity contribution in [3.8, 4) is 0 Å². The summed E-state index contributed by atoms with van der Waals surface area (Å²) in [6.45, 7) is 7.14. The molecule has 0 aromatic carbocycles. The molecule has 0 fully saturated rings. The van der Waals surface area contributed by atoms with Crippen molar-refractivity contribution in [1.29, 1.82) is 0 Å². The van der Waals surface area contributed by atoms with Crippen LogP contribution in [0.15, 0.2) is 16.0 Å². The minimum absolute atomic E-state index is 0.126. The first-order valence-electron chi connectivity index (χ1n) is 4.02. The number of nitrogens with zero attached hydrogens (tertiary/aromatic N) is 1. The van der Waals surface area contributed by atoms with E-state index in [4.69, 9.17) is 5.14 Å². The van der Waals surface area contributed by atoms with Crippen molar-refractivity contribution in [3.05, 3.63) is 11.0 Å². The van der Waals surface area contributed by atoms with E-state index >= 15 is 0 Å². The molecule has 78 valence electrons. The van der Waals surface area contributed by atoms with Crippen LogP contribution in [0.3, 0.4) is 0 Å². The van der Waals surface area contributed by atoms with E-state index in [1.807, 2.05) is 13.8 Å². The highest BCUT2D eigenvalue weighted by Crippen LogP contribution is 1.99. The number of hydrogen-bond acceptors (Lipinski definition) is 3. The molecule has 0 atom stereocenters. The summed E-state index contributed by atoms with van der Waals surface area (Å²) in [5, 5.41) is 4.83. The summed E-state index contributed by atoms with van der Waals surface area (Å²) in [6.07, 6.45) is 1.43. The van der Waals surface area contributed by atoms with Gasteiger partial charge >= 0.3 is 0 Å². The van der Waals surface area contributed by atoms with E-state index in [0.29, 0.717) is 5.71 Å². The Morgan fingerprint density at radius 3 is 1.92 bits per heavy atom. The SMILES string of the molecule is CC.CN=C(C)/C=C(\C)S(N)(=O)=O. The lowest BCUT2D eigenvalue weighted by Gasteiger charge is -1.95. The van der Waals surface area contributed by atoms with E-state index in [-0.39, 0.29) is 4.91 Å². The van der Waals surface area contributed by atoms with Crippen LogP contribution in [0.2, 0.25) is 0 Å². The van der Waals surface area contributed by atoms with Gasteiger partial charge in [-0.3, -0.25) is 4.99 Å². The average molecular weight is 206 g/mol. The minimum Gasteiger partial charge on any atom is -0.293 e. The summed E-state index contributed by atoms with van der Waals surface area (Å²) in [5.41, 5.74) is 0.636. The molecular formula is C8H18N2O2S. The van der Waals surface area contributed by atoms with Crippen molar-refractivity contribution in [3.63, 3.8) is 0 Å². The predicted octanol–water partition coefficient (Wildman–Crippen LogP) is 1.30. The second-order valence-corrected chi connectivity index (χ2v) is 3.90. The molecule has 0 aromatic rings. The Bertz CT molecular complexity index is 289. The molecule has 0 spiro atoms. The van der Waals surface area contributed by atoms with Gasteiger partial charge in [0.25, 0.3) is 0 Å². The maximum Gasteiger partial charge on any atom is 0.233 e. The second kappa shape index (κ2) is 6.80. The molecule has 0 aliphatic heterocycles. The van der Waals surface area contributed by atoms with Gasteiger partial charge in [-0.25, -0.2) is 13.6 Å². The Labute approximate surface area is 80.6 Å². The van der Waals surface area contributed by atoms with E-state index in [1.54, 1.807) is 14.0 Å². The minimum atomic E-state index is -3.53. The van der Waals surface area contributed by atoms with Crippen LogP contribution in [0.4, 0.5) is 0 Å². The Hall–Kier alpha value is -0.680. The molecule has 13 heavy (non-hydrogen) atoms. The van der Waals surface area contributed by atoms with Crippen LogP contribution in [0.5, 0.6) is 0 Å². The standard InChI is InChI=1S/C6H12N2O2S.C2H6/c1-5(8-3)4-6(2)11(7,9)10;1-2/h4H,1-3H3,(H2,7,9,10);1-2H3/b6-4+,8-5?;. The zero-order valence-electron chi connectivity index (χ0n) is 8.83. The fourth-order valence-electron chi connectivity index (χ4n) is 0.441. The average Bonchev–Trinajstić information content (AvgIpc) is 2.06. The largest absolute Gasteiger partial charge is 0.293 e. The number of allylic oxidation sites excluding steroid dienone is 2. The maximum absolute atomic E-state index is 10.6. The topological polar surface area (TPSA) is 72.5 Å². The van der Waals surface area contributed by atoms with Gasteiger partial charge in [0.1, 0.15) is 0 Å². The van der Waals surface area contributed by atoms with Gasteiger partial charge < -0.3 is 0 Å². The molecule has 0 radical (unpaired) electrons. The quantitative estimate of drug-likeness (QED) is 0.691. The number of hydrogen-bond donors (Lipinski definition) is 1. The van der Waals surface area contributed by atoms with Crippen LogP contribution in [-0.2, 0) is 10.0 Å². The van der Waals surface area contributed by atoms with E-state index in [0.717, 1.165) is 0 Å². The molecule has 5 heteroatoms. The Morgan fingerprint density at radius 2 is 1.69 bits per heavy atom. The summed E-state index contributed by atoms with van der Waals surface area (Å²) in [6, 6.07) is 0. The summed E-state index contributed by atoms with van der Waals surface area (Å²) in [4.78, 5) is 3.89. The van der Waals surface area contributed by atoms with Gasteiger partial charge in [0.2, 0.25) is 10.0 Å². The molecule has 4 nitrogen and oxygen atoms in total. The molecule has 0 aliphatic rings. The highest BCUT2D eigenvalue weighted by Gasteiger charge is 2.04. The van der Waals surface area contributed by atoms with Crippen LogP contribution >= 0.6 is 0 Å². The van der Waals surface area contributed by atoms with E-state index in [2.05, 4.69) is 4.99 Å². The fourth-order valence-corrected chi connectivity index (χ4v) is 0.776. The highest BCUT2D eigenvalue weighted by atomic mass is 32.2. The number of sulfonamides is 1. The normalized spacial score (nSPS) is 13.4. The maximum atomic E-state index is 10.6. The lowest BCUT2D eigenvalue weighted by molar-refractivity contribution is 0.603. The number of rotatable bonds is 2. The molecule has 0 aliphatic carbocycles.